The molecule has 2 N–H and O–H groups in total. The number of piperidine rings is 1. The fourth-order valence-corrected chi connectivity index (χ4v) is 4.52. The number of hydrogen-bond acceptors (Lipinski definition) is 5. The van der Waals surface area contributed by atoms with Gasteiger partial charge < -0.3 is 9.88 Å². The lowest BCUT2D eigenvalue weighted by molar-refractivity contribution is 0.199. The summed E-state index contributed by atoms with van der Waals surface area (Å²) in [5.41, 5.74) is 3.36. The molecule has 29 heavy (non-hydrogen) atoms. The van der Waals surface area contributed by atoms with Crippen LogP contribution in [0.25, 0.3) is 11.3 Å². The molecule has 4 heterocycles. The Morgan fingerprint density at radius 1 is 1.14 bits per heavy atom. The lowest BCUT2D eigenvalue weighted by Crippen LogP contribution is -2.34. The van der Waals surface area contributed by atoms with E-state index in [2.05, 4.69) is 41.2 Å². The third-order valence-corrected chi connectivity index (χ3v) is 6.06. The standard InChI is InChI=1S/C20H24ClN7.ClH/c21-17-3-1-2-15(10-17)19-16(11-23-25-19)13-27-7-4-14(5-8-27)20-26-24-18-12-22-6-9-28(18)20;/h1-3,10-11,14,22H,4-9,12-13H2,(H,23,25);1H. The highest BCUT2D eigenvalue weighted by molar-refractivity contribution is 6.30. The molecule has 1 saturated heterocycles. The molecule has 5 rings (SSSR count). The van der Waals surface area contributed by atoms with E-state index in [-0.39, 0.29) is 12.4 Å². The van der Waals surface area contributed by atoms with Crippen LogP contribution in [0.4, 0.5) is 0 Å². The van der Waals surface area contributed by atoms with Crippen LogP contribution in [0.5, 0.6) is 0 Å². The first-order chi connectivity index (χ1) is 13.8. The van der Waals surface area contributed by atoms with Gasteiger partial charge in [0.25, 0.3) is 0 Å². The van der Waals surface area contributed by atoms with E-state index in [1.165, 1.54) is 11.4 Å². The first-order valence-electron chi connectivity index (χ1n) is 9.91. The molecule has 3 aromatic rings. The number of aromatic nitrogens is 5. The number of rotatable bonds is 4. The van der Waals surface area contributed by atoms with Gasteiger partial charge in [-0.05, 0) is 38.1 Å². The van der Waals surface area contributed by atoms with Crippen LogP contribution >= 0.6 is 24.0 Å². The third kappa shape index (κ3) is 4.19. The molecule has 1 aromatic carbocycles. The molecule has 0 aliphatic carbocycles. The van der Waals surface area contributed by atoms with Gasteiger partial charge in [-0.2, -0.15) is 5.10 Å². The largest absolute Gasteiger partial charge is 0.312 e. The molecule has 7 nitrogen and oxygen atoms in total. The zero-order chi connectivity index (χ0) is 18.9. The Bertz CT molecular complexity index is 959. The summed E-state index contributed by atoms with van der Waals surface area (Å²) in [4.78, 5) is 2.50. The van der Waals surface area contributed by atoms with Crippen LogP contribution in [-0.2, 0) is 19.6 Å². The summed E-state index contributed by atoms with van der Waals surface area (Å²) in [5, 5.41) is 20.4. The monoisotopic (exact) mass is 433 g/mol. The fraction of sp³-hybridized carbons (Fsp3) is 0.450. The maximum absolute atomic E-state index is 6.16. The minimum absolute atomic E-state index is 0. The zero-order valence-corrected chi connectivity index (χ0v) is 17.7. The van der Waals surface area contributed by atoms with Crippen molar-refractivity contribution in [1.82, 2.24) is 35.2 Å². The van der Waals surface area contributed by atoms with Crippen LogP contribution in [0.3, 0.4) is 0 Å². The van der Waals surface area contributed by atoms with E-state index in [9.17, 15) is 0 Å². The number of H-pyrrole nitrogens is 1. The predicted octanol–water partition coefficient (Wildman–Crippen LogP) is 3.23. The first kappa shape index (κ1) is 20.3. The Morgan fingerprint density at radius 2 is 2.00 bits per heavy atom. The molecule has 0 bridgehead atoms. The summed E-state index contributed by atoms with van der Waals surface area (Å²) >= 11 is 6.16. The van der Waals surface area contributed by atoms with Gasteiger partial charge in [0.2, 0.25) is 0 Å². The van der Waals surface area contributed by atoms with Gasteiger partial charge >= 0.3 is 0 Å². The Labute approximate surface area is 181 Å². The maximum atomic E-state index is 6.16. The van der Waals surface area contributed by atoms with E-state index in [1.54, 1.807) is 0 Å². The first-order valence-corrected chi connectivity index (χ1v) is 10.3. The highest BCUT2D eigenvalue weighted by Crippen LogP contribution is 2.30. The summed E-state index contributed by atoms with van der Waals surface area (Å²) in [6, 6.07) is 7.92. The van der Waals surface area contributed by atoms with Gasteiger partial charge in [-0.3, -0.25) is 10.00 Å². The number of likely N-dealkylation sites (tertiary alicyclic amines) is 1. The number of nitrogens with one attached hydrogen (secondary N) is 2. The Morgan fingerprint density at radius 3 is 2.83 bits per heavy atom. The molecule has 2 aliphatic rings. The molecule has 0 atom stereocenters. The number of fused-ring (bicyclic) bond motifs is 1. The normalized spacial score (nSPS) is 17.7. The quantitative estimate of drug-likeness (QED) is 0.660. The highest BCUT2D eigenvalue weighted by Gasteiger charge is 2.27. The lowest BCUT2D eigenvalue weighted by atomic mass is 9.95. The second-order valence-electron chi connectivity index (χ2n) is 7.63. The van der Waals surface area contributed by atoms with E-state index in [0.717, 1.165) is 74.2 Å². The van der Waals surface area contributed by atoms with Gasteiger partial charge in [0, 0.05) is 41.7 Å². The molecule has 0 amide bonds. The Kier molecular flexibility index (Phi) is 6.20. The third-order valence-electron chi connectivity index (χ3n) is 5.83. The molecule has 2 aromatic heterocycles. The molecule has 2 aliphatic heterocycles. The minimum Gasteiger partial charge on any atom is -0.312 e. The molecule has 0 spiro atoms. The van der Waals surface area contributed by atoms with Crippen molar-refractivity contribution in [2.24, 2.45) is 0 Å². The average molecular weight is 434 g/mol. The van der Waals surface area contributed by atoms with E-state index < -0.39 is 0 Å². The number of hydrogen-bond donors (Lipinski definition) is 2. The summed E-state index contributed by atoms with van der Waals surface area (Å²) in [7, 11) is 0. The van der Waals surface area contributed by atoms with Crippen molar-refractivity contribution in [2.75, 3.05) is 19.6 Å². The topological polar surface area (TPSA) is 74.7 Å². The number of nitrogens with zero attached hydrogens (tertiary/aromatic N) is 5. The van der Waals surface area contributed by atoms with E-state index in [4.69, 9.17) is 11.6 Å². The van der Waals surface area contributed by atoms with E-state index in [1.807, 2.05) is 24.4 Å². The summed E-state index contributed by atoms with van der Waals surface area (Å²) in [6.07, 6.45) is 4.18. The predicted molar refractivity (Wildman–Crippen MR) is 115 cm³/mol. The van der Waals surface area contributed by atoms with Gasteiger partial charge in [0.1, 0.15) is 11.6 Å². The summed E-state index contributed by atoms with van der Waals surface area (Å²) in [6.45, 7) is 5.83. The van der Waals surface area contributed by atoms with Crippen molar-refractivity contribution < 1.29 is 0 Å². The number of aromatic amines is 1. The zero-order valence-electron chi connectivity index (χ0n) is 16.1. The van der Waals surface area contributed by atoms with Gasteiger partial charge in [0.15, 0.2) is 0 Å². The molecule has 0 unspecified atom stereocenters. The molecule has 1 fully saturated rings. The fourth-order valence-electron chi connectivity index (χ4n) is 4.33. The second kappa shape index (κ2) is 8.83. The van der Waals surface area contributed by atoms with Gasteiger partial charge in [-0.25, -0.2) is 0 Å². The van der Waals surface area contributed by atoms with Gasteiger partial charge in [-0.15, -0.1) is 22.6 Å². The SMILES string of the molecule is Cl.Clc1cccc(-c2[nH]ncc2CN2CCC(c3nnc4n3CCNC4)CC2)c1. The molecular weight excluding hydrogens is 409 g/mol. The van der Waals surface area contributed by atoms with Crippen LogP contribution < -0.4 is 5.32 Å². The average Bonchev–Trinajstić information content (AvgIpc) is 3.36. The smallest absolute Gasteiger partial charge is 0.147 e. The van der Waals surface area contributed by atoms with Crippen molar-refractivity contribution in [3.05, 3.63) is 52.7 Å². The van der Waals surface area contributed by atoms with E-state index >= 15 is 0 Å². The van der Waals surface area contributed by atoms with Crippen molar-refractivity contribution in [1.29, 1.82) is 0 Å². The van der Waals surface area contributed by atoms with Crippen LogP contribution in [0, 0.1) is 0 Å². The van der Waals surface area contributed by atoms with Crippen molar-refractivity contribution in [3.8, 4) is 11.3 Å². The van der Waals surface area contributed by atoms with Crippen LogP contribution in [0.15, 0.2) is 30.5 Å². The molecule has 0 radical (unpaired) electrons. The highest BCUT2D eigenvalue weighted by atomic mass is 35.5. The Hall–Kier alpha value is -1.93. The summed E-state index contributed by atoms with van der Waals surface area (Å²) in [5.74, 6) is 2.76. The summed E-state index contributed by atoms with van der Waals surface area (Å²) < 4.78 is 2.32. The van der Waals surface area contributed by atoms with Gasteiger partial charge in [0.05, 0.1) is 18.4 Å². The second-order valence-corrected chi connectivity index (χ2v) is 8.07. The minimum atomic E-state index is 0. The van der Waals surface area contributed by atoms with Crippen molar-refractivity contribution >= 4 is 24.0 Å². The number of halogens is 2. The number of benzene rings is 1. The maximum Gasteiger partial charge on any atom is 0.147 e. The molecule has 9 heteroatoms. The Balaban J connectivity index is 0.00000205. The van der Waals surface area contributed by atoms with Crippen LogP contribution in [-0.4, -0.2) is 49.5 Å². The van der Waals surface area contributed by atoms with Crippen LogP contribution in [0.1, 0.15) is 36.0 Å². The molecular formula is C20H25Cl2N7. The van der Waals surface area contributed by atoms with E-state index in [0.29, 0.717) is 5.92 Å². The molecule has 154 valence electrons. The molecule has 0 saturated carbocycles. The van der Waals surface area contributed by atoms with Gasteiger partial charge in [-0.1, -0.05) is 23.7 Å². The van der Waals surface area contributed by atoms with Crippen molar-refractivity contribution in [2.45, 2.75) is 38.4 Å². The van der Waals surface area contributed by atoms with Crippen LogP contribution in [0.2, 0.25) is 5.02 Å². The lowest BCUT2D eigenvalue weighted by Gasteiger charge is -2.32. The van der Waals surface area contributed by atoms with Crippen molar-refractivity contribution in [3.63, 3.8) is 0 Å².